The van der Waals surface area contributed by atoms with Crippen LogP contribution in [0.4, 0.5) is 5.69 Å². The average Bonchev–Trinajstić information content (AvgIpc) is 3.27. The van der Waals surface area contributed by atoms with Crippen LogP contribution >= 0.6 is 0 Å². The van der Waals surface area contributed by atoms with E-state index in [0.29, 0.717) is 30.8 Å². The lowest BCUT2D eigenvalue weighted by molar-refractivity contribution is -0.383. The summed E-state index contributed by atoms with van der Waals surface area (Å²) < 4.78 is 0. The Morgan fingerprint density at radius 1 is 1.48 bits per heavy atom. The summed E-state index contributed by atoms with van der Waals surface area (Å²) in [6, 6.07) is 3.35. The summed E-state index contributed by atoms with van der Waals surface area (Å²) in [5.41, 5.74) is 7.93. The predicted octanol–water partition coefficient (Wildman–Crippen LogP) is 2.55. The molecule has 1 aliphatic rings. The third-order valence-electron chi connectivity index (χ3n) is 4.47. The normalized spacial score (nSPS) is 15.7. The lowest BCUT2D eigenvalue weighted by Gasteiger charge is -2.11. The summed E-state index contributed by atoms with van der Waals surface area (Å²) in [4.78, 5) is 25.2. The highest BCUT2D eigenvalue weighted by Crippen LogP contribution is 2.45. The molecule has 2 aromatic rings. The van der Waals surface area contributed by atoms with Gasteiger partial charge in [-0.25, -0.2) is 0 Å². The Kier molecular flexibility index (Phi) is 4.04. The van der Waals surface area contributed by atoms with Crippen molar-refractivity contribution in [1.29, 1.82) is 0 Å². The minimum Gasteiger partial charge on any atom is -0.481 e. The maximum Gasteiger partial charge on any atom is 0.306 e. The molecule has 0 bridgehead atoms. The van der Waals surface area contributed by atoms with Crippen molar-refractivity contribution < 1.29 is 14.8 Å². The number of benzene rings is 1. The van der Waals surface area contributed by atoms with Crippen LogP contribution < -0.4 is 5.73 Å². The number of aliphatic carboxylic acids is 1. The smallest absolute Gasteiger partial charge is 0.306 e. The number of nitro benzene ring substituents is 1. The zero-order valence-electron chi connectivity index (χ0n) is 12.6. The van der Waals surface area contributed by atoms with Gasteiger partial charge in [0.25, 0.3) is 5.69 Å². The zero-order chi connectivity index (χ0) is 16.6. The van der Waals surface area contributed by atoms with Crippen LogP contribution in [0.15, 0.2) is 18.3 Å². The zero-order valence-corrected chi connectivity index (χ0v) is 12.6. The largest absolute Gasteiger partial charge is 0.481 e. The van der Waals surface area contributed by atoms with Crippen LogP contribution in [0.5, 0.6) is 0 Å². The number of nitrogens with one attached hydrogen (secondary N) is 1. The summed E-state index contributed by atoms with van der Waals surface area (Å²) in [5, 5.41) is 21.4. The van der Waals surface area contributed by atoms with E-state index in [9.17, 15) is 20.0 Å². The van der Waals surface area contributed by atoms with Gasteiger partial charge in [0.15, 0.2) is 0 Å². The molecule has 1 aliphatic carbocycles. The van der Waals surface area contributed by atoms with Crippen molar-refractivity contribution in [1.82, 2.24) is 4.98 Å². The molecule has 7 heteroatoms. The summed E-state index contributed by atoms with van der Waals surface area (Å²) >= 11 is 0. The summed E-state index contributed by atoms with van der Waals surface area (Å²) in [6.45, 7) is 0.301. The van der Waals surface area contributed by atoms with E-state index in [1.165, 1.54) is 6.07 Å². The minimum absolute atomic E-state index is 0.0290. The van der Waals surface area contributed by atoms with Crippen LogP contribution in [0.25, 0.3) is 10.9 Å². The molecule has 1 unspecified atom stereocenters. The molecule has 1 heterocycles. The Hall–Kier alpha value is -2.41. The molecule has 0 amide bonds. The van der Waals surface area contributed by atoms with Gasteiger partial charge >= 0.3 is 5.97 Å². The third kappa shape index (κ3) is 2.92. The number of H-pyrrole nitrogens is 1. The lowest BCUT2D eigenvalue weighted by atomic mass is 9.93. The topological polar surface area (TPSA) is 122 Å². The highest BCUT2D eigenvalue weighted by molar-refractivity contribution is 5.94. The van der Waals surface area contributed by atoms with E-state index in [4.69, 9.17) is 5.73 Å². The highest BCUT2D eigenvalue weighted by Gasteiger charge is 2.30. The first-order valence-electron chi connectivity index (χ1n) is 7.73. The number of nitrogens with zero attached hydrogens (tertiary/aromatic N) is 1. The van der Waals surface area contributed by atoms with Crippen molar-refractivity contribution in [2.24, 2.45) is 11.7 Å². The van der Waals surface area contributed by atoms with Gasteiger partial charge in [-0.05, 0) is 49.3 Å². The highest BCUT2D eigenvalue weighted by atomic mass is 16.6. The molecular weight excluding hydrogens is 298 g/mol. The Morgan fingerprint density at radius 3 is 2.78 bits per heavy atom. The van der Waals surface area contributed by atoms with Crippen molar-refractivity contribution in [3.63, 3.8) is 0 Å². The van der Waals surface area contributed by atoms with Crippen molar-refractivity contribution in [2.45, 2.75) is 31.6 Å². The minimum atomic E-state index is -0.886. The van der Waals surface area contributed by atoms with Crippen molar-refractivity contribution in [3.8, 4) is 0 Å². The number of aromatic nitrogens is 1. The van der Waals surface area contributed by atoms with Gasteiger partial charge in [-0.1, -0.05) is 6.07 Å². The molecule has 7 nitrogen and oxygen atoms in total. The number of nitrogens with two attached hydrogens (primary N) is 1. The van der Waals surface area contributed by atoms with E-state index in [1.807, 2.05) is 6.07 Å². The van der Waals surface area contributed by atoms with Gasteiger partial charge in [0.2, 0.25) is 0 Å². The maximum atomic E-state index is 11.4. The summed E-state index contributed by atoms with van der Waals surface area (Å²) in [5.74, 6) is -1.04. The second kappa shape index (κ2) is 6.00. The number of rotatable bonds is 7. The van der Waals surface area contributed by atoms with E-state index < -0.39 is 16.8 Å². The molecule has 0 saturated heterocycles. The molecule has 23 heavy (non-hydrogen) atoms. The number of carboxylic acid groups (broad SMARTS) is 1. The molecule has 122 valence electrons. The van der Waals surface area contributed by atoms with Crippen molar-refractivity contribution in [3.05, 3.63) is 39.6 Å². The lowest BCUT2D eigenvalue weighted by Crippen LogP contribution is -2.20. The van der Waals surface area contributed by atoms with E-state index >= 15 is 0 Å². The third-order valence-corrected chi connectivity index (χ3v) is 4.47. The number of aromatic amines is 1. The van der Waals surface area contributed by atoms with E-state index in [2.05, 4.69) is 4.98 Å². The van der Waals surface area contributed by atoms with Gasteiger partial charge in [-0.3, -0.25) is 14.9 Å². The Labute approximate surface area is 132 Å². The Balaban J connectivity index is 2.08. The number of fused-ring (bicyclic) bond motifs is 1. The Bertz CT molecular complexity index is 764. The second-order valence-electron chi connectivity index (χ2n) is 6.09. The van der Waals surface area contributed by atoms with Gasteiger partial charge in [0.1, 0.15) is 5.52 Å². The van der Waals surface area contributed by atoms with Crippen LogP contribution in [-0.2, 0) is 11.2 Å². The summed E-state index contributed by atoms with van der Waals surface area (Å²) in [7, 11) is 0. The first-order chi connectivity index (χ1) is 11.0. The maximum absolute atomic E-state index is 11.4. The number of hydrogen-bond acceptors (Lipinski definition) is 4. The molecular formula is C16H19N3O4. The number of non-ortho nitro benzene ring substituents is 1. The fourth-order valence-electron chi connectivity index (χ4n) is 3.16. The molecule has 4 N–H and O–H groups in total. The number of hydrogen-bond donors (Lipinski definition) is 3. The van der Waals surface area contributed by atoms with Crippen molar-refractivity contribution in [2.75, 3.05) is 6.54 Å². The van der Waals surface area contributed by atoms with E-state index in [0.717, 1.165) is 29.4 Å². The Morgan fingerprint density at radius 2 is 2.22 bits per heavy atom. The first kappa shape index (κ1) is 15.5. The quantitative estimate of drug-likeness (QED) is 0.535. The molecule has 0 radical (unpaired) electrons. The predicted molar refractivity (Wildman–Crippen MR) is 85.4 cm³/mol. The molecule has 3 rings (SSSR count). The average molecular weight is 317 g/mol. The molecule has 1 fully saturated rings. The fraction of sp³-hybridized carbons (Fsp3) is 0.438. The SMILES string of the molecule is NCCC(Cc1c[nH]c2c([N+](=O)[O-])ccc(C3CC3)c12)C(=O)O. The molecule has 0 aliphatic heterocycles. The molecule has 1 aromatic heterocycles. The molecule has 1 atom stereocenters. The standard InChI is InChI=1S/C16H19N3O4/c17-6-5-10(16(20)21)7-11-8-18-15-13(19(22)23)4-3-12(14(11)15)9-1-2-9/h3-4,8-10,18H,1-2,5-7,17H2,(H,20,21). The fourth-order valence-corrected chi connectivity index (χ4v) is 3.16. The first-order valence-corrected chi connectivity index (χ1v) is 7.73. The van der Waals surface area contributed by atoms with Gasteiger partial charge in [0.05, 0.1) is 10.8 Å². The molecule has 1 aromatic carbocycles. The van der Waals surface area contributed by atoms with Crippen LogP contribution in [0.3, 0.4) is 0 Å². The molecule has 0 spiro atoms. The van der Waals surface area contributed by atoms with Gasteiger partial charge in [0, 0.05) is 17.6 Å². The summed E-state index contributed by atoms with van der Waals surface area (Å²) in [6.07, 6.45) is 4.56. The van der Waals surface area contributed by atoms with Gasteiger partial charge in [-0.15, -0.1) is 0 Å². The van der Waals surface area contributed by atoms with Gasteiger partial charge in [-0.2, -0.15) is 0 Å². The number of carbonyl (C=O) groups is 1. The molecule has 1 saturated carbocycles. The van der Waals surface area contributed by atoms with Gasteiger partial charge < -0.3 is 15.8 Å². The number of carboxylic acids is 1. The van der Waals surface area contributed by atoms with Crippen molar-refractivity contribution >= 4 is 22.6 Å². The number of nitro groups is 1. The monoisotopic (exact) mass is 317 g/mol. The van der Waals surface area contributed by atoms with Crippen LogP contribution in [0.1, 0.15) is 36.3 Å². The van der Waals surface area contributed by atoms with E-state index in [-0.39, 0.29) is 5.69 Å². The van der Waals surface area contributed by atoms with Crippen LogP contribution in [0.2, 0.25) is 0 Å². The van der Waals surface area contributed by atoms with E-state index in [1.54, 1.807) is 6.20 Å². The van der Waals surface area contributed by atoms with Crippen LogP contribution in [-0.4, -0.2) is 27.5 Å². The van der Waals surface area contributed by atoms with Crippen LogP contribution in [0, 0.1) is 16.0 Å². The second-order valence-corrected chi connectivity index (χ2v) is 6.09.